The summed E-state index contributed by atoms with van der Waals surface area (Å²) in [6.45, 7) is 4.28. The number of H-pyrrole nitrogens is 1. The zero-order chi connectivity index (χ0) is 19.7. The summed E-state index contributed by atoms with van der Waals surface area (Å²) in [4.78, 5) is 13.7. The van der Waals surface area contributed by atoms with Crippen molar-refractivity contribution in [3.05, 3.63) is 41.5 Å². The van der Waals surface area contributed by atoms with Gasteiger partial charge in [0.1, 0.15) is 11.6 Å². The second-order valence-corrected chi connectivity index (χ2v) is 7.90. The van der Waals surface area contributed by atoms with Gasteiger partial charge < -0.3 is 19.4 Å². The molecule has 4 rings (SSSR count). The summed E-state index contributed by atoms with van der Waals surface area (Å²) in [5.41, 5.74) is 3.12. The monoisotopic (exact) mass is 404 g/mol. The molecule has 0 radical (unpaired) electrons. The standard InChI is InChI=1S/C19H21FN4O3S/c1-12-16(21-4-3-18(12)26-2)11-28(25)19-22-14-9-13(20)17(10-15(14)23-19)24-5-7-27-8-6-24/h3-4,9-10H,5-8,11H2,1-2H3,(H,22,23). The molecule has 148 valence electrons. The van der Waals surface area contributed by atoms with Crippen LogP contribution in [0.5, 0.6) is 5.75 Å². The first-order valence-corrected chi connectivity index (χ1v) is 10.3. The Kier molecular flexibility index (Phi) is 5.27. The minimum atomic E-state index is -1.45. The number of rotatable bonds is 5. The minimum absolute atomic E-state index is 0.196. The molecule has 3 aromatic rings. The molecule has 0 saturated carbocycles. The first-order chi connectivity index (χ1) is 13.6. The highest BCUT2D eigenvalue weighted by atomic mass is 32.2. The third-order valence-electron chi connectivity index (χ3n) is 4.84. The van der Waals surface area contributed by atoms with Crippen molar-refractivity contribution in [1.29, 1.82) is 0 Å². The molecule has 1 saturated heterocycles. The molecule has 1 fully saturated rings. The number of halogens is 1. The average molecular weight is 404 g/mol. The van der Waals surface area contributed by atoms with E-state index in [0.29, 0.717) is 59.6 Å². The molecular weight excluding hydrogens is 383 g/mol. The number of benzene rings is 1. The summed E-state index contributed by atoms with van der Waals surface area (Å²) >= 11 is 0. The highest BCUT2D eigenvalue weighted by Crippen LogP contribution is 2.27. The number of hydrogen-bond acceptors (Lipinski definition) is 6. The Labute approximate surface area is 164 Å². The third-order valence-corrected chi connectivity index (χ3v) is 6.00. The number of hydrogen-bond donors (Lipinski definition) is 1. The van der Waals surface area contributed by atoms with Crippen LogP contribution in [0, 0.1) is 12.7 Å². The molecule has 28 heavy (non-hydrogen) atoms. The average Bonchev–Trinajstić information content (AvgIpc) is 3.12. The molecule has 3 heterocycles. The van der Waals surface area contributed by atoms with Gasteiger partial charge in [-0.3, -0.25) is 9.19 Å². The lowest BCUT2D eigenvalue weighted by molar-refractivity contribution is 0.122. The molecule has 1 N–H and O–H groups in total. The highest BCUT2D eigenvalue weighted by molar-refractivity contribution is 7.84. The smallest absolute Gasteiger partial charge is 0.197 e. The second-order valence-electron chi connectivity index (χ2n) is 6.54. The van der Waals surface area contributed by atoms with E-state index in [2.05, 4.69) is 15.0 Å². The fourth-order valence-electron chi connectivity index (χ4n) is 3.27. The van der Waals surface area contributed by atoms with Crippen molar-refractivity contribution < 1.29 is 18.1 Å². The topological polar surface area (TPSA) is 80.3 Å². The van der Waals surface area contributed by atoms with Crippen LogP contribution in [0.25, 0.3) is 11.0 Å². The van der Waals surface area contributed by atoms with Gasteiger partial charge in [0.05, 0.1) is 59.3 Å². The van der Waals surface area contributed by atoms with Crippen molar-refractivity contribution in [2.24, 2.45) is 0 Å². The predicted molar refractivity (Wildman–Crippen MR) is 105 cm³/mol. The Balaban J connectivity index is 1.61. The van der Waals surface area contributed by atoms with Crippen LogP contribution in [-0.4, -0.2) is 52.6 Å². The van der Waals surface area contributed by atoms with Crippen LogP contribution in [-0.2, 0) is 21.3 Å². The first kappa shape index (κ1) is 18.8. The van der Waals surface area contributed by atoms with Crippen LogP contribution in [0.1, 0.15) is 11.3 Å². The number of imidazole rings is 1. The largest absolute Gasteiger partial charge is 0.496 e. The van der Waals surface area contributed by atoms with Gasteiger partial charge in [-0.1, -0.05) is 0 Å². The maximum absolute atomic E-state index is 14.6. The highest BCUT2D eigenvalue weighted by Gasteiger charge is 2.19. The van der Waals surface area contributed by atoms with Gasteiger partial charge >= 0.3 is 0 Å². The van der Waals surface area contributed by atoms with Gasteiger partial charge in [0.2, 0.25) is 0 Å². The van der Waals surface area contributed by atoms with Crippen LogP contribution >= 0.6 is 0 Å². The summed E-state index contributed by atoms with van der Waals surface area (Å²) in [6.07, 6.45) is 1.63. The van der Waals surface area contributed by atoms with Crippen molar-refractivity contribution >= 4 is 27.5 Å². The molecule has 0 bridgehead atoms. The molecule has 1 aromatic carbocycles. The maximum atomic E-state index is 14.6. The Morgan fingerprint density at radius 1 is 1.36 bits per heavy atom. The summed E-state index contributed by atoms with van der Waals surface area (Å²) in [5, 5.41) is 0.303. The molecule has 9 heteroatoms. The number of anilines is 1. The van der Waals surface area contributed by atoms with E-state index >= 15 is 0 Å². The quantitative estimate of drug-likeness (QED) is 0.704. The van der Waals surface area contributed by atoms with Crippen LogP contribution in [0.15, 0.2) is 29.6 Å². The van der Waals surface area contributed by atoms with Gasteiger partial charge in [-0.15, -0.1) is 0 Å². The number of pyridine rings is 1. The molecule has 7 nitrogen and oxygen atoms in total. The number of morpholine rings is 1. The van der Waals surface area contributed by atoms with Crippen LogP contribution in [0.2, 0.25) is 0 Å². The summed E-state index contributed by atoms with van der Waals surface area (Å²) in [5.74, 6) is 0.561. The van der Waals surface area contributed by atoms with Gasteiger partial charge in [-0.05, 0) is 19.1 Å². The molecule has 1 aliphatic heterocycles. The van der Waals surface area contributed by atoms with Crippen molar-refractivity contribution in [3.63, 3.8) is 0 Å². The molecule has 1 aliphatic rings. The van der Waals surface area contributed by atoms with E-state index in [-0.39, 0.29) is 11.6 Å². The lowest BCUT2D eigenvalue weighted by Crippen LogP contribution is -2.36. The van der Waals surface area contributed by atoms with Gasteiger partial charge in [-0.25, -0.2) is 9.37 Å². The van der Waals surface area contributed by atoms with E-state index in [4.69, 9.17) is 9.47 Å². The van der Waals surface area contributed by atoms with Crippen molar-refractivity contribution in [1.82, 2.24) is 15.0 Å². The lowest BCUT2D eigenvalue weighted by atomic mass is 10.2. The second kappa shape index (κ2) is 7.84. The van der Waals surface area contributed by atoms with Gasteiger partial charge in [-0.2, -0.15) is 0 Å². The number of nitrogens with one attached hydrogen (secondary N) is 1. The van der Waals surface area contributed by atoms with E-state index < -0.39 is 10.8 Å². The molecule has 1 atom stereocenters. The first-order valence-electron chi connectivity index (χ1n) is 8.95. The van der Waals surface area contributed by atoms with Crippen LogP contribution in [0.4, 0.5) is 10.1 Å². The van der Waals surface area contributed by atoms with E-state index in [1.165, 1.54) is 6.07 Å². The molecule has 2 aromatic heterocycles. The van der Waals surface area contributed by atoms with Crippen molar-refractivity contribution in [2.45, 2.75) is 17.8 Å². The lowest BCUT2D eigenvalue weighted by Gasteiger charge is -2.29. The van der Waals surface area contributed by atoms with E-state index in [1.807, 2.05) is 11.8 Å². The number of nitrogens with zero attached hydrogens (tertiary/aromatic N) is 3. The zero-order valence-electron chi connectivity index (χ0n) is 15.7. The van der Waals surface area contributed by atoms with Crippen LogP contribution in [0.3, 0.4) is 0 Å². The molecule has 0 aliphatic carbocycles. The van der Waals surface area contributed by atoms with Gasteiger partial charge in [0.25, 0.3) is 0 Å². The molecule has 1 unspecified atom stereocenters. The van der Waals surface area contributed by atoms with E-state index in [9.17, 15) is 8.60 Å². The normalized spacial score (nSPS) is 15.8. The summed E-state index contributed by atoms with van der Waals surface area (Å²) < 4.78 is 38.0. The molecule has 0 amide bonds. The van der Waals surface area contributed by atoms with Crippen molar-refractivity contribution in [3.8, 4) is 5.75 Å². The van der Waals surface area contributed by atoms with E-state index in [0.717, 1.165) is 5.56 Å². The molecule has 0 spiro atoms. The Hall–Kier alpha value is -2.52. The fourth-order valence-corrected chi connectivity index (χ4v) is 4.37. The van der Waals surface area contributed by atoms with E-state index in [1.54, 1.807) is 25.4 Å². The maximum Gasteiger partial charge on any atom is 0.197 e. The zero-order valence-corrected chi connectivity index (χ0v) is 16.5. The van der Waals surface area contributed by atoms with Crippen molar-refractivity contribution in [2.75, 3.05) is 38.3 Å². The molecular formula is C19H21FN4O3S. The number of aromatic amines is 1. The van der Waals surface area contributed by atoms with Gasteiger partial charge in [0, 0.05) is 30.9 Å². The predicted octanol–water partition coefficient (Wildman–Crippen LogP) is 2.56. The summed E-state index contributed by atoms with van der Waals surface area (Å²) in [6, 6.07) is 4.87. The number of aromatic nitrogens is 3. The Morgan fingerprint density at radius 2 is 2.14 bits per heavy atom. The number of fused-ring (bicyclic) bond motifs is 1. The Morgan fingerprint density at radius 3 is 2.89 bits per heavy atom. The third kappa shape index (κ3) is 3.59. The van der Waals surface area contributed by atoms with Crippen LogP contribution < -0.4 is 9.64 Å². The SMILES string of the molecule is COc1ccnc(CS(=O)c2nc3cc(N4CCOCC4)c(F)cc3[nH]2)c1C. The fraction of sp³-hybridized carbons (Fsp3) is 0.368. The summed E-state index contributed by atoms with van der Waals surface area (Å²) in [7, 11) is 0.140. The minimum Gasteiger partial charge on any atom is -0.496 e. The Bertz CT molecular complexity index is 1030. The number of methoxy groups -OCH3 is 1. The van der Waals surface area contributed by atoms with Gasteiger partial charge in [0.15, 0.2) is 5.16 Å². The number of ether oxygens (including phenoxy) is 2.